The number of hydrogen-bond acceptors (Lipinski definition) is 5. The van der Waals surface area contributed by atoms with Crippen molar-refractivity contribution in [2.75, 3.05) is 0 Å². The van der Waals surface area contributed by atoms with Gasteiger partial charge < -0.3 is 14.2 Å². The molecule has 62 heavy (non-hydrogen) atoms. The lowest BCUT2D eigenvalue weighted by atomic mass is 9.95. The third-order valence-electron chi connectivity index (χ3n) is 12.2. The Bertz CT molecular complexity index is 3430. The number of aryl methyl sites for hydroxylation is 1. The van der Waals surface area contributed by atoms with E-state index in [4.69, 9.17) is 18.8 Å². The van der Waals surface area contributed by atoms with E-state index in [1.165, 1.54) is 10.9 Å². The predicted molar refractivity (Wildman–Crippen MR) is 254 cm³/mol. The van der Waals surface area contributed by atoms with Crippen LogP contribution in [-0.4, -0.2) is 11.7 Å². The van der Waals surface area contributed by atoms with Crippen molar-refractivity contribution in [3.05, 3.63) is 222 Å². The van der Waals surface area contributed by atoms with E-state index in [0.717, 1.165) is 113 Å². The average molecular weight is 798 g/mol. The highest BCUT2D eigenvalue weighted by atomic mass is 16.3. The number of nitrogens with zero attached hydrogens (tertiary/aromatic N) is 2. The fraction of sp³-hybridized carbons (Fsp3) is 0.0526. The summed E-state index contributed by atoms with van der Waals surface area (Å²) in [4.78, 5) is 10.9. The molecule has 0 saturated heterocycles. The van der Waals surface area contributed by atoms with Gasteiger partial charge in [0.05, 0.1) is 0 Å². The number of furan rings is 2. The van der Waals surface area contributed by atoms with Gasteiger partial charge in [0.25, 0.3) is 0 Å². The summed E-state index contributed by atoms with van der Waals surface area (Å²) in [6, 6.07) is 65.9. The smallest absolute Gasteiger partial charge is 0.160 e. The van der Waals surface area contributed by atoms with E-state index in [1.807, 2.05) is 18.2 Å². The van der Waals surface area contributed by atoms with Gasteiger partial charge in [0.2, 0.25) is 0 Å². The van der Waals surface area contributed by atoms with Gasteiger partial charge in [0, 0.05) is 44.0 Å². The molecule has 0 amide bonds. The van der Waals surface area contributed by atoms with E-state index in [-0.39, 0.29) is 0 Å². The highest BCUT2D eigenvalue weighted by Gasteiger charge is 2.26. The fourth-order valence-electron chi connectivity index (χ4n) is 9.19. The largest absolute Gasteiger partial charge is 0.456 e. The molecule has 1 aliphatic carbocycles. The minimum absolute atomic E-state index is 0.417. The first-order chi connectivity index (χ1) is 30.7. The maximum absolute atomic E-state index is 7.14. The van der Waals surface area contributed by atoms with Crippen LogP contribution in [0.5, 0.6) is 0 Å². The summed E-state index contributed by atoms with van der Waals surface area (Å²) in [5.41, 5.74) is 15.4. The van der Waals surface area contributed by atoms with Crippen LogP contribution < -0.4 is 5.32 Å². The molecule has 10 aromatic rings. The molecule has 12 rings (SSSR count). The van der Waals surface area contributed by atoms with Gasteiger partial charge in [-0.3, -0.25) is 0 Å². The number of benzene rings is 8. The van der Waals surface area contributed by atoms with Crippen molar-refractivity contribution in [2.24, 2.45) is 9.98 Å². The summed E-state index contributed by atoms with van der Waals surface area (Å²) in [6.45, 7) is 0. The molecule has 1 atom stereocenters. The average Bonchev–Trinajstić information content (AvgIpc) is 3.93. The zero-order valence-corrected chi connectivity index (χ0v) is 33.8. The van der Waals surface area contributed by atoms with Crippen LogP contribution in [0, 0.1) is 0 Å². The second kappa shape index (κ2) is 14.9. The molecule has 2 aromatic heterocycles. The number of rotatable bonds is 7. The molecule has 294 valence electrons. The van der Waals surface area contributed by atoms with E-state index in [9.17, 15) is 0 Å². The van der Waals surface area contributed by atoms with Crippen LogP contribution in [0.3, 0.4) is 0 Å². The lowest BCUT2D eigenvalue weighted by Crippen LogP contribution is -2.33. The second-order valence-corrected chi connectivity index (χ2v) is 16.0. The Hall–Kier alpha value is -8.02. The van der Waals surface area contributed by atoms with Crippen molar-refractivity contribution < 1.29 is 8.83 Å². The van der Waals surface area contributed by atoms with E-state index >= 15 is 0 Å². The summed E-state index contributed by atoms with van der Waals surface area (Å²) in [7, 11) is 0. The van der Waals surface area contributed by atoms with E-state index in [1.54, 1.807) is 0 Å². The van der Waals surface area contributed by atoms with Crippen molar-refractivity contribution >= 4 is 50.7 Å². The molecule has 1 N–H and O–H groups in total. The van der Waals surface area contributed by atoms with Crippen LogP contribution in [0.2, 0.25) is 0 Å². The van der Waals surface area contributed by atoms with E-state index in [0.29, 0.717) is 5.84 Å². The molecule has 0 bridgehead atoms. The Morgan fingerprint density at radius 2 is 1.15 bits per heavy atom. The normalized spacial score (nSPS) is 14.7. The number of nitrogens with one attached hydrogen (secondary N) is 1. The van der Waals surface area contributed by atoms with Crippen LogP contribution in [-0.2, 0) is 6.42 Å². The monoisotopic (exact) mass is 797 g/mol. The lowest BCUT2D eigenvalue weighted by molar-refractivity contribution is 0.595. The van der Waals surface area contributed by atoms with Gasteiger partial charge in [0.1, 0.15) is 34.5 Å². The van der Waals surface area contributed by atoms with Crippen molar-refractivity contribution in [1.29, 1.82) is 0 Å². The Kier molecular flexibility index (Phi) is 8.63. The molecule has 2 aliphatic rings. The van der Waals surface area contributed by atoms with Crippen molar-refractivity contribution in [2.45, 2.75) is 19.0 Å². The van der Waals surface area contributed by atoms with Crippen LogP contribution in [0.4, 0.5) is 0 Å². The Labute approximate surface area is 359 Å². The number of allylic oxidation sites excluding steroid dienone is 1. The molecule has 1 unspecified atom stereocenters. The minimum atomic E-state index is -0.417. The first-order valence-electron chi connectivity index (χ1n) is 21.2. The molecule has 3 heterocycles. The Morgan fingerprint density at radius 3 is 1.94 bits per heavy atom. The first kappa shape index (κ1) is 35.9. The fourth-order valence-corrected chi connectivity index (χ4v) is 9.19. The van der Waals surface area contributed by atoms with Crippen LogP contribution in [0.1, 0.15) is 40.6 Å². The van der Waals surface area contributed by atoms with Gasteiger partial charge in [-0.2, -0.15) is 0 Å². The second-order valence-electron chi connectivity index (χ2n) is 16.0. The molecular weight excluding hydrogens is 759 g/mol. The van der Waals surface area contributed by atoms with Gasteiger partial charge in [-0.1, -0.05) is 164 Å². The summed E-state index contributed by atoms with van der Waals surface area (Å²) >= 11 is 0. The minimum Gasteiger partial charge on any atom is -0.456 e. The number of fused-ring (bicyclic) bond motifs is 6. The maximum atomic E-state index is 7.14. The summed E-state index contributed by atoms with van der Waals surface area (Å²) in [5.74, 6) is 2.34. The molecule has 0 spiro atoms. The predicted octanol–water partition coefficient (Wildman–Crippen LogP) is 14.5. The summed E-state index contributed by atoms with van der Waals surface area (Å²) in [5, 5.41) is 6.90. The van der Waals surface area contributed by atoms with Gasteiger partial charge >= 0.3 is 0 Å². The SMILES string of the molecule is C1=Cc2oc3cc(-c4cccc5c4oc4c(-c6ccccc6)ccc(C6=NC(c7cccc(-c8ccccc8)c7)NC(c7cccc(-c8ccccc8)c7)=N6)c45)ccc3c2CC1. The summed E-state index contributed by atoms with van der Waals surface area (Å²) < 4.78 is 13.5. The molecule has 0 saturated carbocycles. The number of para-hydroxylation sites is 1. The van der Waals surface area contributed by atoms with E-state index < -0.39 is 6.17 Å². The standard InChI is InChI=1S/C57H39N3O2/c1-4-15-36(16-5-1)39-21-12-23-42(33-39)55-58-56(43-24-13-22-40(34-43)37-17-6-2-7-18-37)60-57(59-55)49-32-31-45(38-19-8-3-9-20-38)54-52(49)48-27-14-26-44(53(48)62-54)41-29-30-47-46-25-10-11-28-50(46)61-51(47)35-41/h1-9,11-24,26-35,55H,10,25H2,(H,58,59,60). The highest BCUT2D eigenvalue weighted by Crippen LogP contribution is 2.43. The first-order valence-corrected chi connectivity index (χ1v) is 21.2. The summed E-state index contributed by atoms with van der Waals surface area (Å²) in [6.07, 6.45) is 5.90. The zero-order valence-electron chi connectivity index (χ0n) is 33.8. The molecule has 8 aromatic carbocycles. The van der Waals surface area contributed by atoms with Gasteiger partial charge in [0.15, 0.2) is 5.84 Å². The van der Waals surface area contributed by atoms with Crippen molar-refractivity contribution in [3.63, 3.8) is 0 Å². The van der Waals surface area contributed by atoms with E-state index in [2.05, 4.69) is 187 Å². The third kappa shape index (κ3) is 6.25. The quantitative estimate of drug-likeness (QED) is 0.175. The Morgan fingerprint density at radius 1 is 0.484 bits per heavy atom. The van der Waals surface area contributed by atoms with Crippen LogP contribution in [0.25, 0.3) is 83.5 Å². The molecule has 5 nitrogen and oxygen atoms in total. The molecule has 1 aliphatic heterocycles. The van der Waals surface area contributed by atoms with Crippen LogP contribution >= 0.6 is 0 Å². The van der Waals surface area contributed by atoms with Gasteiger partial charge in [-0.25, -0.2) is 9.98 Å². The van der Waals surface area contributed by atoms with Gasteiger partial charge in [-0.15, -0.1) is 0 Å². The molecular formula is C57H39N3O2. The Balaban J connectivity index is 1.07. The topological polar surface area (TPSA) is 63.0 Å². The zero-order chi connectivity index (χ0) is 41.0. The molecule has 5 heteroatoms. The van der Waals surface area contributed by atoms with Crippen LogP contribution in [0.15, 0.2) is 213 Å². The molecule has 0 fully saturated rings. The number of aliphatic imine (C=N–C) groups is 2. The number of amidine groups is 2. The van der Waals surface area contributed by atoms with Crippen molar-refractivity contribution in [1.82, 2.24) is 5.32 Å². The van der Waals surface area contributed by atoms with Crippen molar-refractivity contribution in [3.8, 4) is 44.5 Å². The molecule has 0 radical (unpaired) electrons. The number of hydrogen-bond donors (Lipinski definition) is 1. The maximum Gasteiger partial charge on any atom is 0.160 e. The lowest BCUT2D eigenvalue weighted by Gasteiger charge is -2.24. The third-order valence-corrected chi connectivity index (χ3v) is 12.2. The highest BCUT2D eigenvalue weighted by molar-refractivity contribution is 6.24. The van der Waals surface area contributed by atoms with Gasteiger partial charge in [-0.05, 0) is 88.2 Å².